The summed E-state index contributed by atoms with van der Waals surface area (Å²) in [7, 11) is 1.26. The van der Waals surface area contributed by atoms with E-state index in [1.807, 2.05) is 46.8 Å². The van der Waals surface area contributed by atoms with E-state index in [1.54, 1.807) is 20.8 Å². The first-order chi connectivity index (χ1) is 24.6. The molecule has 0 saturated carbocycles. The molecule has 0 amide bonds. The van der Waals surface area contributed by atoms with Gasteiger partial charge in [0.1, 0.15) is 17.5 Å². The number of Topliss-reactive ketones (excluding diaryl/α,β-unsaturated/α-hetero) is 2. The fourth-order valence-electron chi connectivity index (χ4n) is 9.19. The fraction of sp³-hybridized carbons (Fsp3) is 0.698. The Bertz CT molecular complexity index is 1590. The van der Waals surface area contributed by atoms with E-state index in [0.717, 1.165) is 16.7 Å². The molecule has 2 aliphatic carbocycles. The number of aliphatic hydroxyl groups is 2. The van der Waals surface area contributed by atoms with Gasteiger partial charge in [-0.15, -0.1) is 0 Å². The summed E-state index contributed by atoms with van der Waals surface area (Å²) < 4.78 is 17.9. The van der Waals surface area contributed by atoms with Crippen LogP contribution in [0.3, 0.4) is 0 Å². The summed E-state index contributed by atoms with van der Waals surface area (Å²) in [6.07, 6.45) is 5.14. The summed E-state index contributed by atoms with van der Waals surface area (Å²) in [6.45, 7) is 15.7. The van der Waals surface area contributed by atoms with E-state index in [1.165, 1.54) is 20.1 Å². The number of carbonyl (C=O) groups is 5. The van der Waals surface area contributed by atoms with E-state index >= 15 is 4.79 Å². The van der Waals surface area contributed by atoms with Crippen LogP contribution in [0.4, 0.5) is 0 Å². The van der Waals surface area contributed by atoms with Crippen molar-refractivity contribution in [2.24, 2.45) is 29.1 Å². The Morgan fingerprint density at radius 3 is 2.25 bits per heavy atom. The van der Waals surface area contributed by atoms with Gasteiger partial charge in [-0.2, -0.15) is 0 Å². The van der Waals surface area contributed by atoms with E-state index in [4.69, 9.17) is 14.2 Å². The molecule has 2 aliphatic heterocycles. The van der Waals surface area contributed by atoms with Crippen molar-refractivity contribution < 1.29 is 48.4 Å². The zero-order chi connectivity index (χ0) is 39.6. The second kappa shape index (κ2) is 16.7. The maximum Gasteiger partial charge on any atom is 0.313 e. The maximum atomic E-state index is 15.1. The molecule has 0 unspecified atom stereocenters. The predicted molar refractivity (Wildman–Crippen MR) is 200 cm³/mol. The highest BCUT2D eigenvalue weighted by Gasteiger charge is 2.60. The lowest BCUT2D eigenvalue weighted by Gasteiger charge is -2.51. The molecule has 4 aliphatic rings. The number of allylic oxidation sites excluding steroid dienone is 7. The molecule has 4 rings (SSSR count). The van der Waals surface area contributed by atoms with Crippen molar-refractivity contribution >= 4 is 29.3 Å². The first kappa shape index (κ1) is 42.5. The summed E-state index contributed by atoms with van der Waals surface area (Å²) in [5.41, 5.74) is -0.967. The minimum Gasteiger partial charge on any atom is -0.469 e. The Hall–Kier alpha value is -3.21. The van der Waals surface area contributed by atoms with Crippen molar-refractivity contribution in [1.82, 2.24) is 0 Å². The lowest BCUT2D eigenvalue weighted by molar-refractivity contribution is -0.239. The third kappa shape index (κ3) is 9.03. The highest BCUT2D eigenvalue weighted by Crippen LogP contribution is 2.56. The van der Waals surface area contributed by atoms with Crippen molar-refractivity contribution in [1.29, 1.82) is 0 Å². The largest absolute Gasteiger partial charge is 0.469 e. The lowest BCUT2D eigenvalue weighted by atomic mass is 9.52. The van der Waals surface area contributed by atoms with E-state index in [2.05, 4.69) is 0 Å². The molecule has 2 bridgehead atoms. The topological polar surface area (TPSA) is 154 Å². The summed E-state index contributed by atoms with van der Waals surface area (Å²) in [6, 6.07) is 0. The van der Waals surface area contributed by atoms with Gasteiger partial charge in [-0.05, 0) is 104 Å². The van der Waals surface area contributed by atoms with Crippen molar-refractivity contribution in [2.45, 2.75) is 156 Å². The molecule has 10 heteroatoms. The van der Waals surface area contributed by atoms with E-state index in [-0.39, 0.29) is 49.0 Å². The molecule has 9 atom stereocenters. The molecule has 1 fully saturated rings. The third-order valence-electron chi connectivity index (χ3n) is 12.6. The highest BCUT2D eigenvalue weighted by atomic mass is 16.6. The molecule has 294 valence electrons. The van der Waals surface area contributed by atoms with Gasteiger partial charge in [0.25, 0.3) is 0 Å². The van der Waals surface area contributed by atoms with E-state index < -0.39 is 64.6 Å². The molecule has 1 saturated heterocycles. The van der Waals surface area contributed by atoms with Crippen LogP contribution >= 0.6 is 0 Å². The van der Waals surface area contributed by atoms with Crippen molar-refractivity contribution in [3.63, 3.8) is 0 Å². The minimum atomic E-state index is -1.73. The van der Waals surface area contributed by atoms with Gasteiger partial charge in [-0.25, -0.2) is 0 Å². The Labute approximate surface area is 315 Å². The van der Waals surface area contributed by atoms with Crippen molar-refractivity contribution in [2.75, 3.05) is 7.11 Å². The van der Waals surface area contributed by atoms with Crippen LogP contribution in [0.2, 0.25) is 0 Å². The first-order valence-corrected chi connectivity index (χ1v) is 19.3. The van der Waals surface area contributed by atoms with Crippen LogP contribution in [0.15, 0.2) is 46.1 Å². The Balaban J connectivity index is 2.06. The van der Waals surface area contributed by atoms with Crippen LogP contribution in [0, 0.1) is 29.1 Å². The number of hydrogen-bond donors (Lipinski definition) is 2. The number of carbonyl (C=O) groups excluding carboxylic acids is 5. The van der Waals surface area contributed by atoms with Crippen LogP contribution in [-0.2, 0) is 38.2 Å². The molecule has 53 heavy (non-hydrogen) atoms. The van der Waals surface area contributed by atoms with Crippen LogP contribution < -0.4 is 0 Å². The number of methoxy groups -OCH3 is 1. The lowest BCUT2D eigenvalue weighted by Crippen LogP contribution is -2.60. The zero-order valence-corrected chi connectivity index (χ0v) is 33.5. The number of ether oxygens (including phenoxy) is 3. The molecule has 0 aromatic carbocycles. The maximum absolute atomic E-state index is 15.1. The minimum absolute atomic E-state index is 0.00736. The van der Waals surface area contributed by atoms with Crippen LogP contribution in [-0.4, -0.2) is 76.1 Å². The molecule has 2 heterocycles. The van der Waals surface area contributed by atoms with Gasteiger partial charge in [0.15, 0.2) is 11.6 Å². The van der Waals surface area contributed by atoms with Gasteiger partial charge in [-0.3, -0.25) is 24.0 Å². The number of ketones is 3. The summed E-state index contributed by atoms with van der Waals surface area (Å²) in [4.78, 5) is 70.4. The predicted octanol–water partition coefficient (Wildman–Crippen LogP) is 6.66. The number of hydrogen-bond acceptors (Lipinski definition) is 10. The molecule has 2 N–H and O–H groups in total. The molecule has 10 nitrogen and oxygen atoms in total. The van der Waals surface area contributed by atoms with Gasteiger partial charge < -0.3 is 24.4 Å². The van der Waals surface area contributed by atoms with Gasteiger partial charge in [0.2, 0.25) is 0 Å². The zero-order valence-electron chi connectivity index (χ0n) is 33.5. The fourth-order valence-corrected chi connectivity index (χ4v) is 9.19. The quantitative estimate of drug-likeness (QED) is 0.238. The van der Waals surface area contributed by atoms with Gasteiger partial charge >= 0.3 is 11.9 Å². The second-order valence-electron chi connectivity index (χ2n) is 17.1. The average Bonchev–Trinajstić information content (AvgIpc) is 3.06. The molecule has 0 spiro atoms. The van der Waals surface area contributed by atoms with Crippen LogP contribution in [0.25, 0.3) is 0 Å². The SMILES string of the molecule is COC(=O)[C@]12CC(=O)/C=C(/C)CC/C=C(\C)C(=O)C[C@@H](C(C)C)C(=O)[C@H]1CC(C)=C1C[C@H](OC(C)=O)[C@](C)(O)[C@H]3CC[C@@](C)(O)[C@H](CC/C(C)=C/[C@@H]12)O3. The van der Waals surface area contributed by atoms with Crippen molar-refractivity contribution in [3.05, 3.63) is 46.1 Å². The summed E-state index contributed by atoms with van der Waals surface area (Å²) in [5, 5.41) is 23.6. The Morgan fingerprint density at radius 1 is 0.943 bits per heavy atom. The van der Waals surface area contributed by atoms with E-state index in [0.29, 0.717) is 49.7 Å². The molecule has 0 radical (unpaired) electrons. The van der Waals surface area contributed by atoms with E-state index in [9.17, 15) is 29.4 Å². The Kier molecular flexibility index (Phi) is 13.4. The standard InChI is InChI=1S/C43H62O10/c1-24(2)31-21-35(46)27(5)13-11-12-25(3)18-30(45)23-43(40(48)51-10)33-19-26(4)14-15-36-41(8,49)17-16-37(53-36)42(9,50)38(52-29(7)44)22-32(33)28(6)20-34(43)39(31)47/h13,18-19,24,31,33-34,36-38,49-50H,11-12,14-17,20-23H2,1-10H3/b25-18-,26-19+,27-13+/t31-,33-,34+,36-,37+,38-,41+,42+,43-/m0/s1. The van der Waals surface area contributed by atoms with Crippen LogP contribution in [0.5, 0.6) is 0 Å². The average molecular weight is 739 g/mol. The van der Waals surface area contributed by atoms with Crippen LogP contribution in [0.1, 0.15) is 127 Å². The van der Waals surface area contributed by atoms with Gasteiger partial charge in [0, 0.05) is 43.9 Å². The Morgan fingerprint density at radius 2 is 1.62 bits per heavy atom. The first-order valence-electron chi connectivity index (χ1n) is 19.3. The molecular weight excluding hydrogens is 676 g/mol. The highest BCUT2D eigenvalue weighted by molar-refractivity contribution is 6.01. The second-order valence-corrected chi connectivity index (χ2v) is 17.1. The third-order valence-corrected chi connectivity index (χ3v) is 12.6. The summed E-state index contributed by atoms with van der Waals surface area (Å²) in [5.74, 6) is -4.91. The van der Waals surface area contributed by atoms with Crippen molar-refractivity contribution in [3.8, 4) is 0 Å². The van der Waals surface area contributed by atoms with Gasteiger partial charge in [0.05, 0.1) is 30.3 Å². The number of esters is 2. The molecule has 0 aromatic heterocycles. The number of fused-ring (bicyclic) bond motifs is 5. The monoisotopic (exact) mass is 738 g/mol. The normalized spacial score (nSPS) is 39.7. The number of rotatable bonds is 3. The smallest absolute Gasteiger partial charge is 0.313 e. The molecule has 0 aromatic rings. The molecular formula is C43H62O10. The summed E-state index contributed by atoms with van der Waals surface area (Å²) >= 11 is 0. The van der Waals surface area contributed by atoms with Gasteiger partial charge in [-0.1, -0.05) is 48.3 Å².